The smallest absolute Gasteiger partial charge is 0.335 e. The van der Waals surface area contributed by atoms with E-state index in [1.807, 2.05) is 30.3 Å². The summed E-state index contributed by atoms with van der Waals surface area (Å²) in [5, 5.41) is 6.83. The topological polar surface area (TPSA) is 85.3 Å². The van der Waals surface area contributed by atoms with Crippen molar-refractivity contribution < 1.29 is 18.7 Å². The number of amides is 2. The van der Waals surface area contributed by atoms with Crippen LogP contribution in [0.4, 0.5) is 9.18 Å². The van der Waals surface area contributed by atoms with Gasteiger partial charge in [0.2, 0.25) is 0 Å². The molecule has 0 spiro atoms. The van der Waals surface area contributed by atoms with Crippen LogP contribution in [0, 0.1) is 5.82 Å². The van der Waals surface area contributed by atoms with E-state index < -0.39 is 12.1 Å². The second-order valence-electron chi connectivity index (χ2n) is 10.9. The van der Waals surface area contributed by atoms with Crippen molar-refractivity contribution in [3.63, 3.8) is 0 Å². The zero-order valence-electron chi connectivity index (χ0n) is 23.8. The first kappa shape index (κ1) is 27.8. The lowest BCUT2D eigenvalue weighted by Crippen LogP contribution is -2.33. The van der Waals surface area contributed by atoms with Crippen molar-refractivity contribution in [2.45, 2.75) is 38.3 Å². The summed E-state index contributed by atoms with van der Waals surface area (Å²) >= 11 is 0. The number of piperidine rings is 1. The van der Waals surface area contributed by atoms with Crippen LogP contribution < -0.4 is 15.2 Å². The van der Waals surface area contributed by atoms with Gasteiger partial charge in [0.05, 0.1) is 18.9 Å². The molecule has 1 saturated heterocycles. The number of hydrazone groups is 1. The van der Waals surface area contributed by atoms with Crippen molar-refractivity contribution in [1.82, 2.24) is 14.5 Å². The Balaban J connectivity index is 1.23. The number of fused-ring (bicyclic) bond motifs is 1. The van der Waals surface area contributed by atoms with E-state index in [0.717, 1.165) is 45.6 Å². The van der Waals surface area contributed by atoms with Gasteiger partial charge in [0, 0.05) is 42.2 Å². The van der Waals surface area contributed by atoms with Gasteiger partial charge in [0.25, 0.3) is 0 Å². The van der Waals surface area contributed by atoms with Crippen LogP contribution >= 0.6 is 0 Å². The number of primary amides is 1. The monoisotopic (exact) mass is 569 g/mol. The number of ether oxygens (including phenoxy) is 2. The molecule has 1 atom stereocenters. The van der Waals surface area contributed by atoms with Gasteiger partial charge < -0.3 is 19.8 Å². The number of likely N-dealkylation sites (tertiary alicyclic amines) is 1. The first-order chi connectivity index (χ1) is 20.5. The quantitative estimate of drug-likeness (QED) is 0.271. The number of methoxy groups -OCH3 is 1. The molecule has 2 aliphatic heterocycles. The Bertz CT molecular complexity index is 1580. The van der Waals surface area contributed by atoms with E-state index in [0.29, 0.717) is 25.3 Å². The number of aromatic nitrogens is 1. The number of benzene rings is 3. The van der Waals surface area contributed by atoms with Crippen LogP contribution in [0.15, 0.2) is 78.0 Å². The summed E-state index contributed by atoms with van der Waals surface area (Å²) in [6.45, 7) is 4.61. The summed E-state index contributed by atoms with van der Waals surface area (Å²) in [6, 6.07) is 19.2. The fourth-order valence-corrected chi connectivity index (χ4v) is 5.96. The molecule has 3 heterocycles. The summed E-state index contributed by atoms with van der Waals surface area (Å²) in [5.74, 6) is 1.26. The normalized spacial score (nSPS) is 17.4. The summed E-state index contributed by atoms with van der Waals surface area (Å²) in [4.78, 5) is 15.0. The molecule has 9 heteroatoms. The number of nitrogens with zero attached hydrogens (tertiary/aromatic N) is 4. The molecule has 8 nitrogen and oxygen atoms in total. The highest BCUT2D eigenvalue weighted by atomic mass is 19.1. The molecule has 2 N–H and O–H groups in total. The molecule has 2 aliphatic rings. The van der Waals surface area contributed by atoms with Crippen LogP contribution in [0.3, 0.4) is 0 Å². The van der Waals surface area contributed by atoms with Crippen molar-refractivity contribution in [2.75, 3.05) is 33.4 Å². The largest absolute Gasteiger partial charge is 0.497 e. The average molecular weight is 570 g/mol. The summed E-state index contributed by atoms with van der Waals surface area (Å²) < 4.78 is 27.3. The van der Waals surface area contributed by atoms with Gasteiger partial charge in [-0.25, -0.2) is 14.2 Å². The maximum Gasteiger partial charge on any atom is 0.335 e. The van der Waals surface area contributed by atoms with Gasteiger partial charge in [-0.05, 0) is 79.5 Å². The minimum absolute atomic E-state index is 0.326. The summed E-state index contributed by atoms with van der Waals surface area (Å²) in [5.41, 5.74) is 10.3. The minimum atomic E-state index is -0.642. The number of rotatable bonds is 9. The minimum Gasteiger partial charge on any atom is -0.497 e. The maximum absolute atomic E-state index is 13.5. The van der Waals surface area contributed by atoms with Gasteiger partial charge in [-0.2, -0.15) is 5.10 Å². The van der Waals surface area contributed by atoms with E-state index in [-0.39, 0.29) is 5.82 Å². The van der Waals surface area contributed by atoms with Gasteiger partial charge in [-0.1, -0.05) is 30.7 Å². The Morgan fingerprint density at radius 1 is 1.00 bits per heavy atom. The second kappa shape index (κ2) is 12.2. The highest BCUT2D eigenvalue weighted by molar-refractivity contribution is 6.03. The lowest BCUT2D eigenvalue weighted by atomic mass is 9.98. The SMILES string of the molecule is COc1ccc2c(c1)c(C1CC(c3ccc(F)cc3)=NN1C(N)=O)cn2Cc1ccc(OCCN2CCCCC2)cc1. The van der Waals surface area contributed by atoms with E-state index in [4.69, 9.17) is 15.2 Å². The van der Waals surface area contributed by atoms with E-state index in [1.54, 1.807) is 19.2 Å². The van der Waals surface area contributed by atoms with Crippen molar-refractivity contribution in [3.8, 4) is 11.5 Å². The molecule has 0 bridgehead atoms. The average Bonchev–Trinajstić information content (AvgIpc) is 3.61. The van der Waals surface area contributed by atoms with Crippen LogP contribution in [-0.4, -0.2) is 59.6 Å². The fourth-order valence-electron chi connectivity index (χ4n) is 5.96. The molecule has 1 fully saturated rings. The lowest BCUT2D eigenvalue weighted by Gasteiger charge is -2.26. The second-order valence-corrected chi connectivity index (χ2v) is 10.9. The van der Waals surface area contributed by atoms with Crippen LogP contribution in [0.1, 0.15) is 48.4 Å². The Kier molecular flexibility index (Phi) is 8.10. The molecule has 0 aliphatic carbocycles. The summed E-state index contributed by atoms with van der Waals surface area (Å²) in [7, 11) is 1.63. The van der Waals surface area contributed by atoms with Gasteiger partial charge in [0.1, 0.15) is 23.9 Å². The third-order valence-electron chi connectivity index (χ3n) is 8.19. The van der Waals surface area contributed by atoms with Crippen molar-refractivity contribution in [2.24, 2.45) is 10.8 Å². The van der Waals surface area contributed by atoms with Crippen molar-refractivity contribution in [1.29, 1.82) is 0 Å². The standard InChI is InChI=1S/C33H36FN5O3/c1-41-27-13-14-31-28(19-27)29(32-20-30(36-39(32)33(35)40)24-7-9-25(34)10-8-24)22-38(31)21-23-5-11-26(12-6-23)42-18-17-37-15-3-2-4-16-37/h5-14,19,22,32H,2-4,15-18,20-21H2,1H3,(H2,35,40). The molecule has 2 amide bonds. The van der Waals surface area contributed by atoms with Gasteiger partial charge in [0.15, 0.2) is 0 Å². The molecule has 218 valence electrons. The first-order valence-corrected chi connectivity index (χ1v) is 14.5. The highest BCUT2D eigenvalue weighted by Crippen LogP contribution is 2.39. The van der Waals surface area contributed by atoms with Crippen LogP contribution in [0.5, 0.6) is 11.5 Å². The lowest BCUT2D eigenvalue weighted by molar-refractivity contribution is 0.183. The van der Waals surface area contributed by atoms with Crippen LogP contribution in [0.2, 0.25) is 0 Å². The van der Waals surface area contributed by atoms with Gasteiger partial charge in [-0.3, -0.25) is 4.90 Å². The van der Waals surface area contributed by atoms with Crippen LogP contribution in [-0.2, 0) is 6.54 Å². The third kappa shape index (κ3) is 5.97. The molecule has 42 heavy (non-hydrogen) atoms. The number of carbonyl (C=O) groups is 1. The number of hydrogen-bond acceptors (Lipinski definition) is 5. The molecule has 6 rings (SSSR count). The Labute approximate surface area is 245 Å². The predicted molar refractivity (Wildman–Crippen MR) is 162 cm³/mol. The summed E-state index contributed by atoms with van der Waals surface area (Å²) in [6.07, 6.45) is 6.41. The number of urea groups is 1. The van der Waals surface area contributed by atoms with Gasteiger partial charge in [-0.15, -0.1) is 0 Å². The third-order valence-corrected chi connectivity index (χ3v) is 8.19. The Morgan fingerprint density at radius 2 is 1.74 bits per heavy atom. The van der Waals surface area contributed by atoms with E-state index in [2.05, 4.69) is 32.9 Å². The molecule has 3 aromatic carbocycles. The highest BCUT2D eigenvalue weighted by Gasteiger charge is 2.34. The molecular formula is C33H36FN5O3. The first-order valence-electron chi connectivity index (χ1n) is 14.5. The maximum atomic E-state index is 13.5. The number of hydrogen-bond donors (Lipinski definition) is 1. The molecule has 1 unspecified atom stereocenters. The van der Waals surface area contributed by atoms with Crippen LogP contribution in [0.25, 0.3) is 10.9 Å². The zero-order chi connectivity index (χ0) is 29.1. The zero-order valence-corrected chi connectivity index (χ0v) is 23.8. The molecule has 0 radical (unpaired) electrons. The molecule has 0 saturated carbocycles. The fraction of sp³-hybridized carbons (Fsp3) is 0.333. The van der Waals surface area contributed by atoms with Crippen molar-refractivity contribution >= 4 is 22.6 Å². The molecule has 4 aromatic rings. The molecular weight excluding hydrogens is 533 g/mol. The predicted octanol–water partition coefficient (Wildman–Crippen LogP) is 5.93. The number of carbonyl (C=O) groups excluding carboxylic acids is 1. The van der Waals surface area contributed by atoms with Gasteiger partial charge >= 0.3 is 6.03 Å². The number of halogens is 1. The van der Waals surface area contributed by atoms with Crippen molar-refractivity contribution in [3.05, 3.63) is 95.4 Å². The van der Waals surface area contributed by atoms with E-state index in [9.17, 15) is 9.18 Å². The Hall–Kier alpha value is -4.37. The van der Waals surface area contributed by atoms with E-state index >= 15 is 0 Å². The molecule has 1 aromatic heterocycles. The Morgan fingerprint density at radius 3 is 2.45 bits per heavy atom. The van der Waals surface area contributed by atoms with E-state index in [1.165, 1.54) is 49.5 Å². The number of nitrogens with two attached hydrogens (primary N) is 1.